The van der Waals surface area contributed by atoms with Gasteiger partial charge in [-0.05, 0) is 87.3 Å². The van der Waals surface area contributed by atoms with Crippen LogP contribution in [0.5, 0.6) is 0 Å². The number of fused-ring (bicyclic) bond motifs is 5. The lowest BCUT2D eigenvalue weighted by Crippen LogP contribution is -2.09. The highest BCUT2D eigenvalue weighted by Crippen LogP contribution is 2.44. The molecule has 0 bridgehead atoms. The summed E-state index contributed by atoms with van der Waals surface area (Å²) in [4.78, 5) is 2.31. The van der Waals surface area contributed by atoms with Gasteiger partial charge in [-0.15, -0.1) is 0 Å². The highest BCUT2D eigenvalue weighted by atomic mass is 16.3. The van der Waals surface area contributed by atoms with E-state index in [4.69, 9.17) is 4.42 Å². The summed E-state index contributed by atoms with van der Waals surface area (Å²) in [5.74, 6) is 0. The van der Waals surface area contributed by atoms with Gasteiger partial charge < -0.3 is 9.32 Å². The first kappa shape index (κ1) is 27.9. The van der Waals surface area contributed by atoms with Gasteiger partial charge >= 0.3 is 0 Å². The Labute approximate surface area is 279 Å². The molecule has 2 nitrogen and oxygen atoms in total. The average molecular weight is 614 g/mol. The van der Waals surface area contributed by atoms with E-state index in [0.29, 0.717) is 0 Å². The van der Waals surface area contributed by atoms with Crippen molar-refractivity contribution in [2.75, 3.05) is 4.90 Å². The highest BCUT2D eigenvalue weighted by molar-refractivity contribution is 6.22. The Kier molecular flexibility index (Phi) is 6.84. The van der Waals surface area contributed by atoms with Crippen LogP contribution >= 0.6 is 0 Å². The van der Waals surface area contributed by atoms with Crippen LogP contribution in [0.4, 0.5) is 17.1 Å². The van der Waals surface area contributed by atoms with Crippen molar-refractivity contribution in [3.05, 3.63) is 188 Å². The van der Waals surface area contributed by atoms with Crippen molar-refractivity contribution in [3.63, 3.8) is 0 Å². The molecule has 0 aliphatic rings. The van der Waals surface area contributed by atoms with Crippen molar-refractivity contribution < 1.29 is 4.42 Å². The predicted octanol–water partition coefficient (Wildman–Crippen LogP) is 13.2. The number of hydrogen-bond acceptors (Lipinski definition) is 2. The lowest BCUT2D eigenvalue weighted by molar-refractivity contribution is 0.673. The summed E-state index contributed by atoms with van der Waals surface area (Å²) < 4.78 is 6.63. The highest BCUT2D eigenvalue weighted by Gasteiger charge is 2.18. The van der Waals surface area contributed by atoms with Gasteiger partial charge in [-0.25, -0.2) is 0 Å². The van der Waals surface area contributed by atoms with Crippen molar-refractivity contribution >= 4 is 49.8 Å². The molecule has 0 saturated carbocycles. The topological polar surface area (TPSA) is 16.4 Å². The van der Waals surface area contributed by atoms with Crippen LogP contribution in [0.3, 0.4) is 0 Å². The summed E-state index contributed by atoms with van der Waals surface area (Å²) >= 11 is 0. The van der Waals surface area contributed by atoms with E-state index < -0.39 is 0 Å². The smallest absolute Gasteiger partial charge is 0.143 e. The monoisotopic (exact) mass is 613 g/mol. The fraction of sp³-hybridized carbons (Fsp3) is 0. The van der Waals surface area contributed by atoms with Crippen molar-refractivity contribution in [2.45, 2.75) is 0 Å². The lowest BCUT2D eigenvalue weighted by Gasteiger charge is -2.26. The number of furan rings is 1. The van der Waals surface area contributed by atoms with Crippen molar-refractivity contribution in [3.8, 4) is 33.4 Å². The summed E-state index contributed by atoms with van der Waals surface area (Å²) in [6.07, 6.45) is 0. The molecule has 2 heteroatoms. The molecular formula is C46H31NO. The van der Waals surface area contributed by atoms with Gasteiger partial charge in [0.15, 0.2) is 0 Å². The van der Waals surface area contributed by atoms with E-state index in [0.717, 1.165) is 55.5 Å². The van der Waals surface area contributed by atoms with Crippen molar-refractivity contribution in [1.29, 1.82) is 0 Å². The Morgan fingerprint density at radius 2 is 0.833 bits per heavy atom. The minimum atomic E-state index is 0.895. The Balaban J connectivity index is 1.16. The molecule has 0 unspecified atom stereocenters. The van der Waals surface area contributed by atoms with Crippen LogP contribution in [0, 0.1) is 0 Å². The molecule has 0 radical (unpaired) electrons. The van der Waals surface area contributed by atoms with Crippen molar-refractivity contribution in [1.82, 2.24) is 0 Å². The molecule has 0 N–H and O–H groups in total. The molecule has 0 aliphatic heterocycles. The molecule has 226 valence electrons. The van der Waals surface area contributed by atoms with Gasteiger partial charge in [-0.3, -0.25) is 0 Å². The third-order valence-electron chi connectivity index (χ3n) is 9.27. The first-order valence-corrected chi connectivity index (χ1v) is 16.4. The van der Waals surface area contributed by atoms with E-state index in [1.54, 1.807) is 0 Å². The standard InChI is InChI=1S/C46H31NO/c1-4-13-32(14-5-1)33-23-27-37(28-24-33)47(36-17-8-3-9-18-36)38-29-25-35(26-30-38)39-21-12-22-44-45(39)43-31-42(34-15-6-2-7-16-34)40-19-10-11-20-41(40)46(43)48-44/h1-31H. The molecule has 0 fully saturated rings. The molecule has 8 aromatic carbocycles. The Hall–Kier alpha value is -6.38. The Morgan fingerprint density at radius 3 is 1.50 bits per heavy atom. The molecule has 0 saturated heterocycles. The molecule has 1 aromatic heterocycles. The summed E-state index contributed by atoms with van der Waals surface area (Å²) in [6, 6.07) is 66.7. The van der Waals surface area contributed by atoms with Gasteiger partial charge in [0.25, 0.3) is 0 Å². The molecular weight excluding hydrogens is 583 g/mol. The minimum Gasteiger partial charge on any atom is -0.455 e. The van der Waals surface area contributed by atoms with Crippen LogP contribution in [0.1, 0.15) is 0 Å². The number of para-hydroxylation sites is 1. The van der Waals surface area contributed by atoms with Gasteiger partial charge in [0.05, 0.1) is 0 Å². The maximum absolute atomic E-state index is 6.63. The molecule has 48 heavy (non-hydrogen) atoms. The number of hydrogen-bond donors (Lipinski definition) is 0. The maximum atomic E-state index is 6.63. The van der Waals surface area contributed by atoms with Crippen LogP contribution in [-0.2, 0) is 0 Å². The Morgan fingerprint density at radius 1 is 0.333 bits per heavy atom. The zero-order chi connectivity index (χ0) is 31.9. The third-order valence-corrected chi connectivity index (χ3v) is 9.27. The average Bonchev–Trinajstić information content (AvgIpc) is 3.56. The summed E-state index contributed by atoms with van der Waals surface area (Å²) in [7, 11) is 0. The third kappa shape index (κ3) is 4.83. The number of rotatable bonds is 6. The van der Waals surface area contributed by atoms with E-state index in [9.17, 15) is 0 Å². The second kappa shape index (κ2) is 11.8. The van der Waals surface area contributed by atoms with E-state index >= 15 is 0 Å². The quantitative estimate of drug-likeness (QED) is 0.185. The number of benzene rings is 8. The van der Waals surface area contributed by atoms with Gasteiger partial charge in [0.2, 0.25) is 0 Å². The van der Waals surface area contributed by atoms with Crippen LogP contribution in [0.15, 0.2) is 192 Å². The van der Waals surface area contributed by atoms with E-state index in [1.165, 1.54) is 27.6 Å². The molecule has 9 aromatic rings. The summed E-state index contributed by atoms with van der Waals surface area (Å²) in [5, 5.41) is 4.59. The zero-order valence-corrected chi connectivity index (χ0v) is 26.3. The molecule has 0 amide bonds. The normalized spacial score (nSPS) is 11.3. The van der Waals surface area contributed by atoms with E-state index in [1.807, 2.05) is 0 Å². The SMILES string of the molecule is c1ccc(-c2ccc(N(c3ccccc3)c3ccc(-c4cccc5oc6c7ccccc7c(-c7ccccc7)cc6c45)cc3)cc2)cc1. The molecule has 1 heterocycles. The second-order valence-corrected chi connectivity index (χ2v) is 12.1. The van der Waals surface area contributed by atoms with Gasteiger partial charge in [0, 0.05) is 33.2 Å². The van der Waals surface area contributed by atoms with E-state index in [-0.39, 0.29) is 0 Å². The first-order valence-electron chi connectivity index (χ1n) is 16.4. The largest absolute Gasteiger partial charge is 0.455 e. The maximum Gasteiger partial charge on any atom is 0.143 e. The predicted molar refractivity (Wildman–Crippen MR) is 202 cm³/mol. The molecule has 0 atom stereocenters. The summed E-state index contributed by atoms with van der Waals surface area (Å²) in [6.45, 7) is 0. The van der Waals surface area contributed by atoms with Crippen LogP contribution in [0.25, 0.3) is 66.1 Å². The summed E-state index contributed by atoms with van der Waals surface area (Å²) in [5.41, 5.74) is 12.3. The van der Waals surface area contributed by atoms with Gasteiger partial charge in [0.1, 0.15) is 11.2 Å². The first-order chi connectivity index (χ1) is 23.8. The van der Waals surface area contributed by atoms with Crippen LogP contribution < -0.4 is 4.90 Å². The zero-order valence-electron chi connectivity index (χ0n) is 26.3. The van der Waals surface area contributed by atoms with Crippen molar-refractivity contribution in [2.24, 2.45) is 0 Å². The van der Waals surface area contributed by atoms with Crippen LogP contribution in [-0.4, -0.2) is 0 Å². The number of nitrogens with zero attached hydrogens (tertiary/aromatic N) is 1. The van der Waals surface area contributed by atoms with Gasteiger partial charge in [-0.1, -0.05) is 140 Å². The molecule has 0 spiro atoms. The molecule has 9 rings (SSSR count). The molecule has 0 aliphatic carbocycles. The minimum absolute atomic E-state index is 0.895. The fourth-order valence-electron chi connectivity index (χ4n) is 6.99. The van der Waals surface area contributed by atoms with E-state index in [2.05, 4.69) is 193 Å². The number of anilines is 3. The Bertz CT molecular complexity index is 2520. The second-order valence-electron chi connectivity index (χ2n) is 12.1. The van der Waals surface area contributed by atoms with Crippen LogP contribution in [0.2, 0.25) is 0 Å². The fourth-order valence-corrected chi connectivity index (χ4v) is 6.99. The lowest BCUT2D eigenvalue weighted by atomic mass is 9.93. The van der Waals surface area contributed by atoms with Gasteiger partial charge in [-0.2, -0.15) is 0 Å².